The van der Waals surface area contributed by atoms with E-state index in [1.165, 1.54) is 19.2 Å². The lowest BCUT2D eigenvalue weighted by molar-refractivity contribution is -0.119. The molecule has 0 aliphatic rings. The van der Waals surface area contributed by atoms with Crippen molar-refractivity contribution < 1.29 is 17.9 Å². The number of anilines is 1. The third kappa shape index (κ3) is 5.46. The molecule has 0 bridgehead atoms. The smallest absolute Gasteiger partial charge is 0.264 e. The summed E-state index contributed by atoms with van der Waals surface area (Å²) in [4.78, 5) is 14.5. The number of likely N-dealkylation sites (N-methyl/N-ethyl adjacent to an activating group) is 1. The minimum Gasteiger partial charge on any atom is -0.495 e. The monoisotopic (exact) mass is 405 g/mol. The van der Waals surface area contributed by atoms with Crippen LogP contribution < -0.4 is 14.4 Å². The molecule has 152 valence electrons. The maximum Gasteiger partial charge on any atom is 0.264 e. The van der Waals surface area contributed by atoms with Crippen LogP contribution in [0.25, 0.3) is 0 Å². The number of benzene rings is 2. The summed E-state index contributed by atoms with van der Waals surface area (Å²) in [7, 11) is 1.31. The van der Waals surface area contributed by atoms with Crippen LogP contribution in [-0.2, 0) is 14.8 Å². The van der Waals surface area contributed by atoms with Crippen molar-refractivity contribution in [3.8, 4) is 5.75 Å². The van der Waals surface area contributed by atoms with E-state index in [-0.39, 0.29) is 17.3 Å². The molecule has 2 aromatic rings. The van der Waals surface area contributed by atoms with Gasteiger partial charge in [0.15, 0.2) is 0 Å². The van der Waals surface area contributed by atoms with Crippen molar-refractivity contribution in [3.05, 3.63) is 54.1 Å². The van der Waals surface area contributed by atoms with Gasteiger partial charge in [-0.15, -0.1) is 0 Å². The molecular weight excluding hydrogens is 378 g/mol. The predicted molar refractivity (Wildman–Crippen MR) is 110 cm³/mol. The lowest BCUT2D eigenvalue weighted by atomic mass is 10.2. The molecule has 0 unspecified atom stereocenters. The zero-order valence-electron chi connectivity index (χ0n) is 16.7. The fourth-order valence-electron chi connectivity index (χ4n) is 2.62. The molecule has 0 saturated carbocycles. The molecule has 28 heavy (non-hydrogen) atoms. The summed E-state index contributed by atoms with van der Waals surface area (Å²) < 4.78 is 33.1. The fraction of sp³-hybridized carbons (Fsp3) is 0.350. The molecule has 8 heteroatoms. The van der Waals surface area contributed by atoms with E-state index >= 15 is 0 Å². The number of ether oxygens (including phenoxy) is 1. The van der Waals surface area contributed by atoms with Crippen LogP contribution in [0.15, 0.2) is 53.4 Å². The Labute approximate surface area is 167 Å². The number of carbonyl (C=O) groups is 1. The minimum atomic E-state index is -3.96. The minimum absolute atomic E-state index is 0.111. The summed E-state index contributed by atoms with van der Waals surface area (Å²) >= 11 is 0. The Morgan fingerprint density at radius 1 is 1.11 bits per heavy atom. The molecule has 2 rings (SSSR count). The Bertz CT molecular complexity index is 899. The summed E-state index contributed by atoms with van der Waals surface area (Å²) in [6.07, 6.45) is 0. The van der Waals surface area contributed by atoms with E-state index in [1.807, 2.05) is 32.0 Å². The number of aryl methyl sites for hydroxylation is 1. The number of nitrogens with zero attached hydrogens (tertiary/aromatic N) is 2. The van der Waals surface area contributed by atoms with Gasteiger partial charge in [-0.25, -0.2) is 8.42 Å². The Morgan fingerprint density at radius 3 is 2.39 bits per heavy atom. The molecule has 0 heterocycles. The van der Waals surface area contributed by atoms with Gasteiger partial charge in [0.1, 0.15) is 12.3 Å². The van der Waals surface area contributed by atoms with Crippen LogP contribution >= 0.6 is 0 Å². The average Bonchev–Trinajstić information content (AvgIpc) is 2.66. The largest absolute Gasteiger partial charge is 0.495 e. The number of rotatable bonds is 9. The highest BCUT2D eigenvalue weighted by molar-refractivity contribution is 7.92. The second-order valence-corrected chi connectivity index (χ2v) is 8.52. The van der Waals surface area contributed by atoms with E-state index in [9.17, 15) is 13.2 Å². The topological polar surface area (TPSA) is 79.0 Å². The van der Waals surface area contributed by atoms with Gasteiger partial charge in [0.25, 0.3) is 10.0 Å². The number of hydrogen-bond acceptors (Lipinski definition) is 5. The molecule has 0 saturated heterocycles. The SMILES string of the molecule is COc1ccc(C)cc1N(CC(=O)NCCN(C)C)S(=O)(=O)c1ccccc1. The highest BCUT2D eigenvalue weighted by atomic mass is 32.2. The third-order valence-electron chi connectivity index (χ3n) is 4.10. The van der Waals surface area contributed by atoms with Crippen LogP contribution in [0, 0.1) is 6.92 Å². The van der Waals surface area contributed by atoms with Crippen molar-refractivity contribution in [2.45, 2.75) is 11.8 Å². The second kappa shape index (κ2) is 9.57. The summed E-state index contributed by atoms with van der Waals surface area (Å²) in [5.41, 5.74) is 1.19. The van der Waals surface area contributed by atoms with Gasteiger partial charge in [0.2, 0.25) is 5.91 Å². The van der Waals surface area contributed by atoms with Crippen molar-refractivity contribution in [1.82, 2.24) is 10.2 Å². The van der Waals surface area contributed by atoms with E-state index in [0.29, 0.717) is 24.5 Å². The Balaban J connectivity index is 2.42. The Morgan fingerprint density at radius 2 is 1.79 bits per heavy atom. The van der Waals surface area contributed by atoms with E-state index < -0.39 is 10.0 Å². The first-order chi connectivity index (χ1) is 13.3. The Kier molecular flexibility index (Phi) is 7.42. The summed E-state index contributed by atoms with van der Waals surface area (Å²) in [6.45, 7) is 2.60. The quantitative estimate of drug-likeness (QED) is 0.689. The molecule has 7 nitrogen and oxygen atoms in total. The molecule has 0 radical (unpaired) electrons. The van der Waals surface area contributed by atoms with E-state index in [0.717, 1.165) is 9.87 Å². The molecule has 0 fully saturated rings. The van der Waals surface area contributed by atoms with Crippen molar-refractivity contribution in [2.24, 2.45) is 0 Å². The molecule has 1 N–H and O–H groups in total. The van der Waals surface area contributed by atoms with Crippen LogP contribution in [0.1, 0.15) is 5.56 Å². The molecule has 0 aromatic heterocycles. The maximum atomic E-state index is 13.3. The second-order valence-electron chi connectivity index (χ2n) is 6.65. The first-order valence-corrected chi connectivity index (χ1v) is 10.3. The van der Waals surface area contributed by atoms with Crippen molar-refractivity contribution in [3.63, 3.8) is 0 Å². The van der Waals surface area contributed by atoms with Gasteiger partial charge in [0, 0.05) is 13.1 Å². The number of carbonyl (C=O) groups excluding carboxylic acids is 1. The van der Waals surface area contributed by atoms with Gasteiger partial charge < -0.3 is 15.0 Å². The van der Waals surface area contributed by atoms with Crippen molar-refractivity contribution in [2.75, 3.05) is 45.1 Å². The molecule has 0 atom stereocenters. The average molecular weight is 406 g/mol. The van der Waals surface area contributed by atoms with Crippen LogP contribution in [0.3, 0.4) is 0 Å². The van der Waals surface area contributed by atoms with Gasteiger partial charge in [-0.1, -0.05) is 24.3 Å². The first-order valence-electron chi connectivity index (χ1n) is 8.89. The van der Waals surface area contributed by atoms with Gasteiger partial charge in [-0.3, -0.25) is 9.10 Å². The highest BCUT2D eigenvalue weighted by Crippen LogP contribution is 2.33. The normalized spacial score (nSPS) is 11.3. The van der Waals surface area contributed by atoms with Crippen LogP contribution in [-0.4, -0.2) is 60.1 Å². The standard InChI is InChI=1S/C20H27N3O4S/c1-16-10-11-19(27-4)18(14-16)23(15-20(24)21-12-13-22(2)3)28(25,26)17-8-6-5-7-9-17/h5-11,14H,12-13,15H2,1-4H3,(H,21,24). The van der Waals surface area contributed by atoms with E-state index in [2.05, 4.69) is 5.32 Å². The van der Waals surface area contributed by atoms with Crippen LogP contribution in [0.5, 0.6) is 5.75 Å². The summed E-state index contributed by atoms with van der Waals surface area (Å²) in [6, 6.07) is 13.3. The third-order valence-corrected chi connectivity index (χ3v) is 5.88. The Hall–Kier alpha value is -2.58. The van der Waals surface area contributed by atoms with Gasteiger partial charge in [-0.2, -0.15) is 0 Å². The zero-order valence-corrected chi connectivity index (χ0v) is 17.5. The maximum absolute atomic E-state index is 13.3. The van der Waals surface area contributed by atoms with Crippen molar-refractivity contribution in [1.29, 1.82) is 0 Å². The van der Waals surface area contributed by atoms with Crippen molar-refractivity contribution >= 4 is 21.6 Å². The summed E-state index contributed by atoms with van der Waals surface area (Å²) in [5.74, 6) is -0.00360. The zero-order chi connectivity index (χ0) is 20.7. The number of methoxy groups -OCH3 is 1. The number of sulfonamides is 1. The lowest BCUT2D eigenvalue weighted by Gasteiger charge is -2.26. The molecule has 0 spiro atoms. The van der Waals surface area contributed by atoms with Gasteiger partial charge >= 0.3 is 0 Å². The number of hydrogen-bond donors (Lipinski definition) is 1. The highest BCUT2D eigenvalue weighted by Gasteiger charge is 2.29. The first kappa shape index (κ1) is 21.7. The lowest BCUT2D eigenvalue weighted by Crippen LogP contribution is -2.42. The fourth-order valence-corrected chi connectivity index (χ4v) is 4.06. The molecule has 1 amide bonds. The van der Waals surface area contributed by atoms with E-state index in [4.69, 9.17) is 4.74 Å². The van der Waals surface area contributed by atoms with E-state index in [1.54, 1.807) is 30.3 Å². The number of nitrogens with one attached hydrogen (secondary N) is 1. The number of amides is 1. The predicted octanol–water partition coefficient (Wildman–Crippen LogP) is 1.88. The van der Waals surface area contributed by atoms with Crippen LogP contribution in [0.4, 0.5) is 5.69 Å². The molecule has 0 aliphatic heterocycles. The molecule has 2 aromatic carbocycles. The van der Waals surface area contributed by atoms with Gasteiger partial charge in [0.05, 0.1) is 17.7 Å². The summed E-state index contributed by atoms with van der Waals surface area (Å²) in [5, 5.41) is 2.76. The molecule has 0 aliphatic carbocycles. The molecular formula is C20H27N3O4S. The van der Waals surface area contributed by atoms with Crippen LogP contribution in [0.2, 0.25) is 0 Å². The van der Waals surface area contributed by atoms with Gasteiger partial charge in [-0.05, 0) is 50.8 Å².